The molecule has 11 rings (SSSR count). The molecule has 2 aromatic heterocycles. The standard InChI is InChI=1S/C54H36N2O/c1-2-13-37(14-3-1)38-25-30-42(31-26-38)55(44-16-12-15-40(35-44)41-29-34-49-48-20-7-11-24-53(48)57-54(49)36-41)43-32-27-39(28-33-43)45-17-4-8-21-50(45)56-51-22-9-5-18-46(51)47-19-6-10-23-52(47)56/h1-36H. The Balaban J connectivity index is 1.02. The highest BCUT2D eigenvalue weighted by Crippen LogP contribution is 2.41. The Morgan fingerprint density at radius 2 is 0.842 bits per heavy atom. The molecule has 0 spiro atoms. The van der Waals surface area contributed by atoms with E-state index in [1.807, 2.05) is 12.1 Å². The van der Waals surface area contributed by atoms with Gasteiger partial charge in [-0.1, -0.05) is 146 Å². The van der Waals surface area contributed by atoms with Crippen LogP contribution >= 0.6 is 0 Å². The molecular weight excluding hydrogens is 693 g/mol. The number of furan rings is 1. The summed E-state index contributed by atoms with van der Waals surface area (Å²) < 4.78 is 8.69. The Hall–Kier alpha value is -7.62. The average Bonchev–Trinajstić information content (AvgIpc) is 3.83. The maximum atomic E-state index is 6.29. The van der Waals surface area contributed by atoms with E-state index in [9.17, 15) is 0 Å². The number of anilines is 3. The Morgan fingerprint density at radius 3 is 1.58 bits per heavy atom. The van der Waals surface area contributed by atoms with Crippen LogP contribution in [0.3, 0.4) is 0 Å². The molecule has 9 aromatic carbocycles. The highest BCUT2D eigenvalue weighted by Gasteiger charge is 2.18. The first-order chi connectivity index (χ1) is 28.3. The lowest BCUT2D eigenvalue weighted by Crippen LogP contribution is -2.10. The van der Waals surface area contributed by atoms with Crippen LogP contribution < -0.4 is 4.90 Å². The van der Waals surface area contributed by atoms with Gasteiger partial charge in [-0.2, -0.15) is 0 Å². The van der Waals surface area contributed by atoms with Crippen molar-refractivity contribution < 1.29 is 4.42 Å². The van der Waals surface area contributed by atoms with E-state index in [0.29, 0.717) is 0 Å². The molecule has 0 aliphatic carbocycles. The van der Waals surface area contributed by atoms with Gasteiger partial charge in [0.25, 0.3) is 0 Å². The van der Waals surface area contributed by atoms with Crippen molar-refractivity contribution >= 4 is 60.8 Å². The van der Waals surface area contributed by atoms with E-state index in [1.165, 1.54) is 38.5 Å². The first kappa shape index (κ1) is 32.8. The Morgan fingerprint density at radius 1 is 0.316 bits per heavy atom. The van der Waals surface area contributed by atoms with E-state index < -0.39 is 0 Å². The first-order valence-corrected chi connectivity index (χ1v) is 19.4. The number of fused-ring (bicyclic) bond motifs is 6. The van der Waals surface area contributed by atoms with Gasteiger partial charge in [-0.25, -0.2) is 0 Å². The summed E-state index contributed by atoms with van der Waals surface area (Å²) in [5, 5.41) is 4.78. The Labute approximate surface area is 330 Å². The van der Waals surface area contributed by atoms with Crippen molar-refractivity contribution in [2.75, 3.05) is 4.90 Å². The van der Waals surface area contributed by atoms with E-state index in [4.69, 9.17) is 4.42 Å². The number of para-hydroxylation sites is 4. The first-order valence-electron chi connectivity index (χ1n) is 19.4. The molecule has 0 bridgehead atoms. The van der Waals surface area contributed by atoms with Crippen LogP contribution in [0.15, 0.2) is 223 Å². The summed E-state index contributed by atoms with van der Waals surface area (Å²) in [4.78, 5) is 2.35. The normalized spacial score (nSPS) is 11.5. The van der Waals surface area contributed by atoms with E-state index in [1.54, 1.807) is 0 Å². The molecule has 0 saturated carbocycles. The van der Waals surface area contributed by atoms with Crippen LogP contribution in [0.4, 0.5) is 17.1 Å². The third-order valence-electron chi connectivity index (χ3n) is 11.2. The smallest absolute Gasteiger partial charge is 0.136 e. The summed E-state index contributed by atoms with van der Waals surface area (Å²) in [6.07, 6.45) is 0. The van der Waals surface area contributed by atoms with Crippen molar-refractivity contribution in [3.8, 4) is 39.1 Å². The van der Waals surface area contributed by atoms with Crippen LogP contribution in [0.2, 0.25) is 0 Å². The van der Waals surface area contributed by atoms with Gasteiger partial charge in [0.1, 0.15) is 11.2 Å². The fraction of sp³-hybridized carbons (Fsp3) is 0. The largest absolute Gasteiger partial charge is 0.456 e. The van der Waals surface area contributed by atoms with Crippen LogP contribution in [0.25, 0.3) is 82.8 Å². The van der Waals surface area contributed by atoms with Crippen molar-refractivity contribution in [3.05, 3.63) is 218 Å². The van der Waals surface area contributed by atoms with Crippen LogP contribution in [0.1, 0.15) is 0 Å². The van der Waals surface area contributed by atoms with Crippen LogP contribution in [-0.4, -0.2) is 4.57 Å². The van der Waals surface area contributed by atoms with Crippen LogP contribution in [0.5, 0.6) is 0 Å². The monoisotopic (exact) mass is 728 g/mol. The summed E-state index contributed by atoms with van der Waals surface area (Å²) in [6.45, 7) is 0. The third-order valence-corrected chi connectivity index (χ3v) is 11.2. The van der Waals surface area contributed by atoms with Crippen LogP contribution in [0, 0.1) is 0 Å². The predicted molar refractivity (Wildman–Crippen MR) is 239 cm³/mol. The van der Waals surface area contributed by atoms with Crippen molar-refractivity contribution in [3.63, 3.8) is 0 Å². The highest BCUT2D eigenvalue weighted by molar-refractivity contribution is 6.10. The Kier molecular flexibility index (Phi) is 7.82. The van der Waals surface area contributed by atoms with Crippen molar-refractivity contribution in [2.24, 2.45) is 0 Å². The summed E-state index contributed by atoms with van der Waals surface area (Å²) in [5.74, 6) is 0. The average molecular weight is 729 g/mol. The zero-order valence-electron chi connectivity index (χ0n) is 31.1. The van der Waals surface area contributed by atoms with E-state index in [2.05, 4.69) is 216 Å². The fourth-order valence-electron chi connectivity index (χ4n) is 8.50. The highest BCUT2D eigenvalue weighted by atomic mass is 16.3. The van der Waals surface area contributed by atoms with Crippen molar-refractivity contribution in [1.29, 1.82) is 0 Å². The molecule has 3 nitrogen and oxygen atoms in total. The number of hydrogen-bond acceptors (Lipinski definition) is 2. The molecule has 0 radical (unpaired) electrons. The summed E-state index contributed by atoms with van der Waals surface area (Å²) >= 11 is 0. The van der Waals surface area contributed by atoms with Gasteiger partial charge < -0.3 is 13.9 Å². The second-order valence-electron chi connectivity index (χ2n) is 14.5. The van der Waals surface area contributed by atoms with E-state index in [0.717, 1.165) is 61.4 Å². The topological polar surface area (TPSA) is 21.3 Å². The molecule has 0 N–H and O–H groups in total. The zero-order chi connectivity index (χ0) is 37.7. The Bertz CT molecular complexity index is 3170. The van der Waals surface area contributed by atoms with Gasteiger partial charge in [-0.3, -0.25) is 0 Å². The van der Waals surface area contributed by atoms with E-state index in [-0.39, 0.29) is 0 Å². The molecule has 268 valence electrons. The number of benzene rings is 9. The van der Waals surface area contributed by atoms with Gasteiger partial charge in [-0.15, -0.1) is 0 Å². The molecule has 0 atom stereocenters. The molecule has 57 heavy (non-hydrogen) atoms. The second-order valence-corrected chi connectivity index (χ2v) is 14.5. The molecule has 0 saturated heterocycles. The SMILES string of the molecule is c1ccc(-c2ccc(N(c3ccc(-c4ccccc4-n4c5ccccc5c5ccccc54)cc3)c3cccc(-c4ccc5c(c4)oc4ccccc45)c3)cc2)cc1. The zero-order valence-corrected chi connectivity index (χ0v) is 31.1. The fourth-order valence-corrected chi connectivity index (χ4v) is 8.50. The lowest BCUT2D eigenvalue weighted by atomic mass is 10.0. The van der Waals surface area contributed by atoms with Crippen molar-refractivity contribution in [1.82, 2.24) is 4.57 Å². The molecule has 11 aromatic rings. The maximum Gasteiger partial charge on any atom is 0.136 e. The summed E-state index contributed by atoms with van der Waals surface area (Å²) in [5.41, 5.74) is 15.5. The molecule has 0 amide bonds. The molecule has 0 aliphatic rings. The number of nitrogens with zero attached hydrogens (tertiary/aromatic N) is 2. The molecular formula is C54H36N2O. The second kappa shape index (κ2) is 13.6. The minimum Gasteiger partial charge on any atom is -0.456 e. The lowest BCUT2D eigenvalue weighted by Gasteiger charge is -2.26. The van der Waals surface area contributed by atoms with Gasteiger partial charge in [-0.05, 0) is 101 Å². The van der Waals surface area contributed by atoms with Gasteiger partial charge in [0.15, 0.2) is 0 Å². The number of hydrogen-bond donors (Lipinski definition) is 0. The van der Waals surface area contributed by atoms with E-state index >= 15 is 0 Å². The van der Waals surface area contributed by atoms with Gasteiger partial charge in [0.2, 0.25) is 0 Å². The van der Waals surface area contributed by atoms with Gasteiger partial charge in [0.05, 0.1) is 16.7 Å². The minimum atomic E-state index is 0.893. The lowest BCUT2D eigenvalue weighted by molar-refractivity contribution is 0.669. The minimum absolute atomic E-state index is 0.893. The quantitative estimate of drug-likeness (QED) is 0.163. The maximum absolute atomic E-state index is 6.29. The molecule has 0 unspecified atom stereocenters. The summed E-state index contributed by atoms with van der Waals surface area (Å²) in [7, 11) is 0. The molecule has 3 heteroatoms. The van der Waals surface area contributed by atoms with Crippen molar-refractivity contribution in [2.45, 2.75) is 0 Å². The van der Waals surface area contributed by atoms with Gasteiger partial charge >= 0.3 is 0 Å². The molecule has 0 aliphatic heterocycles. The third kappa shape index (κ3) is 5.68. The number of aromatic nitrogens is 1. The van der Waals surface area contributed by atoms with Crippen LogP contribution in [-0.2, 0) is 0 Å². The summed E-state index contributed by atoms with van der Waals surface area (Å²) in [6, 6.07) is 78.1. The number of rotatable bonds is 7. The molecule has 2 heterocycles. The van der Waals surface area contributed by atoms with Gasteiger partial charge in [0, 0.05) is 44.2 Å². The predicted octanol–water partition coefficient (Wildman–Crippen LogP) is 15.2. The molecule has 0 fully saturated rings.